The van der Waals surface area contributed by atoms with Crippen LogP contribution in [0.5, 0.6) is 0 Å². The highest BCUT2D eigenvalue weighted by atomic mass is 32.2. The second-order valence-corrected chi connectivity index (χ2v) is 10.0. The number of halogens is 3. The minimum Gasteiger partial charge on any atom is -0.356 e. The standard InChI is InChI=1S/C18H24F3N5O2S/c1-25(17-15-2-5-22-16(15)23-11-24-17)14-8-12(9-14)10-29(27,28)26-6-3-13(4-7-26)18(19,20)21/h2,5,11-14H,3-4,6-10H2,1H3,(H,22,23,24). The van der Waals surface area contributed by atoms with Crippen molar-refractivity contribution in [3.05, 3.63) is 18.6 Å². The molecule has 0 amide bonds. The number of hydrogen-bond acceptors (Lipinski definition) is 5. The van der Waals surface area contributed by atoms with Gasteiger partial charge in [0, 0.05) is 32.4 Å². The molecule has 7 nitrogen and oxygen atoms in total. The molecule has 1 N–H and O–H groups in total. The van der Waals surface area contributed by atoms with Crippen LogP contribution in [0.4, 0.5) is 19.0 Å². The van der Waals surface area contributed by atoms with Gasteiger partial charge >= 0.3 is 6.18 Å². The van der Waals surface area contributed by atoms with Gasteiger partial charge in [-0.3, -0.25) is 0 Å². The highest BCUT2D eigenvalue weighted by molar-refractivity contribution is 7.89. The fourth-order valence-electron chi connectivity index (χ4n) is 4.33. The van der Waals surface area contributed by atoms with E-state index < -0.39 is 22.1 Å². The maximum atomic E-state index is 12.8. The quantitative estimate of drug-likeness (QED) is 0.787. The minimum atomic E-state index is -4.24. The fraction of sp³-hybridized carbons (Fsp3) is 0.667. The molecule has 1 saturated carbocycles. The van der Waals surface area contributed by atoms with Gasteiger partial charge < -0.3 is 9.88 Å². The molecular weight excluding hydrogens is 407 g/mol. The largest absolute Gasteiger partial charge is 0.391 e. The Morgan fingerprint density at radius 2 is 1.93 bits per heavy atom. The summed E-state index contributed by atoms with van der Waals surface area (Å²) in [5.74, 6) is -0.584. The topological polar surface area (TPSA) is 82.2 Å². The Labute approximate surface area is 167 Å². The van der Waals surface area contributed by atoms with E-state index in [1.807, 2.05) is 13.1 Å². The first-order valence-electron chi connectivity index (χ1n) is 9.70. The summed E-state index contributed by atoms with van der Waals surface area (Å²) in [5, 5.41) is 0.915. The number of alkyl halides is 3. The summed E-state index contributed by atoms with van der Waals surface area (Å²) in [4.78, 5) is 13.6. The number of aromatic nitrogens is 3. The number of nitrogens with one attached hydrogen (secondary N) is 1. The van der Waals surface area contributed by atoms with Crippen molar-refractivity contribution in [3.63, 3.8) is 0 Å². The summed E-state index contributed by atoms with van der Waals surface area (Å²) in [7, 11) is -1.60. The summed E-state index contributed by atoms with van der Waals surface area (Å²) in [6, 6.07) is 2.09. The molecular formula is C18H24F3N5O2S. The number of aromatic amines is 1. The van der Waals surface area contributed by atoms with E-state index in [0.29, 0.717) is 12.8 Å². The Bertz CT molecular complexity index is 963. The lowest BCUT2D eigenvalue weighted by Crippen LogP contribution is -2.48. The molecule has 0 unspecified atom stereocenters. The van der Waals surface area contributed by atoms with Gasteiger partial charge in [0.15, 0.2) is 0 Å². The molecule has 3 heterocycles. The molecule has 2 aromatic rings. The van der Waals surface area contributed by atoms with Gasteiger partial charge in [-0.2, -0.15) is 13.2 Å². The second-order valence-electron chi connectivity index (χ2n) is 8.03. The summed E-state index contributed by atoms with van der Waals surface area (Å²) < 4.78 is 64.9. The number of sulfonamides is 1. The molecule has 1 saturated heterocycles. The van der Waals surface area contributed by atoms with Gasteiger partial charge in [-0.1, -0.05) is 0 Å². The molecule has 0 aromatic carbocycles. The lowest BCUT2D eigenvalue weighted by atomic mass is 9.81. The lowest BCUT2D eigenvalue weighted by molar-refractivity contribution is -0.182. The van der Waals surface area contributed by atoms with Crippen molar-refractivity contribution in [2.75, 3.05) is 30.8 Å². The lowest BCUT2D eigenvalue weighted by Gasteiger charge is -2.42. The van der Waals surface area contributed by atoms with Crippen molar-refractivity contribution < 1.29 is 21.6 Å². The van der Waals surface area contributed by atoms with Gasteiger partial charge in [0.05, 0.1) is 17.1 Å². The highest BCUT2D eigenvalue weighted by Gasteiger charge is 2.44. The molecule has 4 rings (SSSR count). The van der Waals surface area contributed by atoms with E-state index in [1.165, 1.54) is 10.6 Å². The molecule has 1 aliphatic heterocycles. The number of piperidine rings is 1. The first-order chi connectivity index (χ1) is 13.6. The van der Waals surface area contributed by atoms with Crippen LogP contribution in [0.15, 0.2) is 18.6 Å². The zero-order valence-corrected chi connectivity index (χ0v) is 16.9. The molecule has 0 bridgehead atoms. The van der Waals surface area contributed by atoms with Crippen LogP contribution in [0, 0.1) is 11.8 Å². The molecule has 2 aliphatic rings. The monoisotopic (exact) mass is 431 g/mol. The normalized spacial score (nSPS) is 24.6. The number of H-pyrrole nitrogens is 1. The Kier molecular flexibility index (Phi) is 5.22. The molecule has 1 aliphatic carbocycles. The Balaban J connectivity index is 1.32. The van der Waals surface area contributed by atoms with Crippen molar-refractivity contribution in [2.45, 2.75) is 37.9 Å². The van der Waals surface area contributed by atoms with E-state index >= 15 is 0 Å². The SMILES string of the molecule is CN(c1ncnc2[nH]ccc12)C1CC(CS(=O)(=O)N2CCC(C(F)(F)F)CC2)C1. The number of anilines is 1. The zero-order valence-electron chi connectivity index (χ0n) is 16.1. The van der Waals surface area contributed by atoms with Crippen LogP contribution in [0.1, 0.15) is 25.7 Å². The van der Waals surface area contributed by atoms with E-state index in [9.17, 15) is 21.6 Å². The Morgan fingerprint density at radius 1 is 1.24 bits per heavy atom. The molecule has 2 fully saturated rings. The van der Waals surface area contributed by atoms with Gasteiger partial charge in [-0.25, -0.2) is 22.7 Å². The molecule has 11 heteroatoms. The Morgan fingerprint density at radius 3 is 2.59 bits per heavy atom. The van der Waals surface area contributed by atoms with E-state index in [4.69, 9.17) is 0 Å². The first-order valence-corrected chi connectivity index (χ1v) is 11.3. The summed E-state index contributed by atoms with van der Waals surface area (Å²) in [5.41, 5.74) is 0.752. The Hall–Kier alpha value is -1.88. The second kappa shape index (κ2) is 7.42. The van der Waals surface area contributed by atoms with Gasteiger partial charge in [0.1, 0.15) is 17.8 Å². The number of hydrogen-bond donors (Lipinski definition) is 1. The minimum absolute atomic E-state index is 0.00262. The van der Waals surface area contributed by atoms with Crippen molar-refractivity contribution in [2.24, 2.45) is 11.8 Å². The third kappa shape index (κ3) is 4.07. The smallest absolute Gasteiger partial charge is 0.356 e. The van der Waals surface area contributed by atoms with Crippen LogP contribution in [-0.4, -0.2) is 65.8 Å². The fourth-order valence-corrected chi connectivity index (χ4v) is 6.18. The molecule has 0 spiro atoms. The summed E-state index contributed by atoms with van der Waals surface area (Å²) >= 11 is 0. The average molecular weight is 431 g/mol. The maximum absolute atomic E-state index is 12.8. The summed E-state index contributed by atoms with van der Waals surface area (Å²) in [6.45, 7) is -0.0933. The van der Waals surface area contributed by atoms with Gasteiger partial charge in [0.2, 0.25) is 10.0 Å². The third-order valence-electron chi connectivity index (χ3n) is 6.18. The van der Waals surface area contributed by atoms with Crippen LogP contribution in [0.2, 0.25) is 0 Å². The van der Waals surface area contributed by atoms with Crippen LogP contribution in [-0.2, 0) is 10.0 Å². The highest BCUT2D eigenvalue weighted by Crippen LogP contribution is 2.38. The third-order valence-corrected chi connectivity index (χ3v) is 8.23. The van der Waals surface area contributed by atoms with Gasteiger partial charge in [-0.05, 0) is 37.7 Å². The van der Waals surface area contributed by atoms with Crippen LogP contribution in [0.3, 0.4) is 0 Å². The molecule has 0 radical (unpaired) electrons. The van der Waals surface area contributed by atoms with E-state index in [1.54, 1.807) is 6.20 Å². The van der Waals surface area contributed by atoms with Crippen LogP contribution < -0.4 is 4.90 Å². The number of rotatable bonds is 5. The molecule has 2 aromatic heterocycles. The van der Waals surface area contributed by atoms with Crippen LogP contribution in [0.25, 0.3) is 11.0 Å². The maximum Gasteiger partial charge on any atom is 0.391 e. The predicted octanol–water partition coefficient (Wildman–Crippen LogP) is 2.78. The van der Waals surface area contributed by atoms with Gasteiger partial charge in [-0.15, -0.1) is 0 Å². The van der Waals surface area contributed by atoms with Crippen molar-refractivity contribution in [3.8, 4) is 0 Å². The van der Waals surface area contributed by atoms with Crippen molar-refractivity contribution in [1.82, 2.24) is 19.3 Å². The van der Waals surface area contributed by atoms with E-state index in [2.05, 4.69) is 19.9 Å². The molecule has 160 valence electrons. The van der Waals surface area contributed by atoms with E-state index in [0.717, 1.165) is 16.9 Å². The number of nitrogens with zero attached hydrogens (tertiary/aromatic N) is 4. The first kappa shape index (κ1) is 20.4. The van der Waals surface area contributed by atoms with E-state index in [-0.39, 0.29) is 43.6 Å². The van der Waals surface area contributed by atoms with Crippen LogP contribution >= 0.6 is 0 Å². The molecule has 29 heavy (non-hydrogen) atoms. The summed E-state index contributed by atoms with van der Waals surface area (Å²) in [6.07, 6.45) is 0.172. The zero-order chi connectivity index (χ0) is 20.8. The van der Waals surface area contributed by atoms with Gasteiger partial charge in [0.25, 0.3) is 0 Å². The van der Waals surface area contributed by atoms with Crippen molar-refractivity contribution >= 4 is 26.9 Å². The molecule has 0 atom stereocenters. The van der Waals surface area contributed by atoms with Crippen molar-refractivity contribution in [1.29, 1.82) is 0 Å². The average Bonchev–Trinajstić information content (AvgIpc) is 3.12. The predicted molar refractivity (Wildman–Crippen MR) is 103 cm³/mol. The number of fused-ring (bicyclic) bond motifs is 1.